The molecule has 0 spiro atoms. The molecule has 108 valence electrons. The Kier molecular flexibility index (Phi) is 2.49. The van der Waals surface area contributed by atoms with Gasteiger partial charge in [0.05, 0.1) is 6.10 Å². The molecule has 4 fully saturated rings. The lowest BCUT2D eigenvalue weighted by molar-refractivity contribution is -0.153. The number of hydrogen-bond donors (Lipinski definition) is 2. The predicted octanol–water partition coefficient (Wildman–Crippen LogP) is 1.91. The van der Waals surface area contributed by atoms with E-state index in [0.29, 0.717) is 17.4 Å². The average Bonchev–Trinajstić information content (AvgIpc) is 3.27. The van der Waals surface area contributed by atoms with Gasteiger partial charge in [-0.05, 0) is 43.4 Å². The third-order valence-electron chi connectivity index (χ3n) is 6.89. The second-order valence-corrected chi connectivity index (χ2v) is 8.19. The average molecular weight is 264 g/mol. The van der Waals surface area contributed by atoms with E-state index < -0.39 is 0 Å². The maximum atomic E-state index is 6.76. The van der Waals surface area contributed by atoms with E-state index in [2.05, 4.69) is 19.2 Å². The molecule has 3 unspecified atom stereocenters. The molecule has 0 radical (unpaired) electrons. The molecule has 3 aliphatic carbocycles. The fourth-order valence-corrected chi connectivity index (χ4v) is 4.94. The fourth-order valence-electron chi connectivity index (χ4n) is 4.94. The maximum absolute atomic E-state index is 6.76. The zero-order valence-electron chi connectivity index (χ0n) is 12.4. The van der Waals surface area contributed by atoms with Crippen molar-refractivity contribution in [3.8, 4) is 0 Å². The van der Waals surface area contributed by atoms with Crippen LogP contribution in [-0.2, 0) is 4.74 Å². The van der Waals surface area contributed by atoms with Crippen molar-refractivity contribution in [3.05, 3.63) is 0 Å². The van der Waals surface area contributed by atoms with Gasteiger partial charge in [0.25, 0.3) is 0 Å². The first-order valence-corrected chi connectivity index (χ1v) is 8.11. The summed E-state index contributed by atoms with van der Waals surface area (Å²) in [6.07, 6.45) is 7.39. The van der Waals surface area contributed by atoms with Gasteiger partial charge in [0.2, 0.25) is 0 Å². The Labute approximate surface area is 116 Å². The minimum atomic E-state index is -0.0617. The Hall–Kier alpha value is -0.120. The lowest BCUT2D eigenvalue weighted by Gasteiger charge is -2.62. The first-order chi connectivity index (χ1) is 9.00. The second-order valence-electron chi connectivity index (χ2n) is 8.19. The lowest BCUT2D eigenvalue weighted by Crippen LogP contribution is -2.78. The van der Waals surface area contributed by atoms with Gasteiger partial charge in [-0.2, -0.15) is 0 Å². The Bertz CT molecular complexity index is 386. The van der Waals surface area contributed by atoms with Crippen LogP contribution in [0.2, 0.25) is 0 Å². The smallest absolute Gasteiger partial charge is 0.0691 e. The van der Waals surface area contributed by atoms with Crippen LogP contribution in [0.4, 0.5) is 0 Å². The molecule has 4 rings (SSSR count). The van der Waals surface area contributed by atoms with Crippen molar-refractivity contribution >= 4 is 0 Å². The fraction of sp³-hybridized carbons (Fsp3) is 1.00. The first kappa shape index (κ1) is 12.6. The largest absolute Gasteiger partial charge is 0.377 e. The van der Waals surface area contributed by atoms with E-state index in [0.717, 1.165) is 25.5 Å². The van der Waals surface area contributed by atoms with Gasteiger partial charge in [-0.15, -0.1) is 0 Å². The Morgan fingerprint density at radius 1 is 1.16 bits per heavy atom. The number of nitrogens with two attached hydrogens (primary N) is 1. The number of ether oxygens (including phenoxy) is 1. The van der Waals surface area contributed by atoms with Crippen LogP contribution >= 0.6 is 0 Å². The van der Waals surface area contributed by atoms with E-state index in [1.54, 1.807) is 0 Å². The summed E-state index contributed by atoms with van der Waals surface area (Å²) in [6, 6.07) is 0. The van der Waals surface area contributed by atoms with Gasteiger partial charge in [0.1, 0.15) is 0 Å². The van der Waals surface area contributed by atoms with Crippen LogP contribution in [0.5, 0.6) is 0 Å². The van der Waals surface area contributed by atoms with Gasteiger partial charge >= 0.3 is 0 Å². The number of nitrogens with one attached hydrogen (secondary N) is 1. The van der Waals surface area contributed by atoms with Crippen molar-refractivity contribution in [1.29, 1.82) is 0 Å². The van der Waals surface area contributed by atoms with E-state index >= 15 is 0 Å². The third kappa shape index (κ3) is 1.61. The third-order valence-corrected chi connectivity index (χ3v) is 6.89. The van der Waals surface area contributed by atoms with Crippen LogP contribution in [0.25, 0.3) is 0 Å². The molecule has 0 amide bonds. The SMILES string of the molecule is CC1(C)C2OCCC2C1(N)CNCC1(C2CC2)CC1. The van der Waals surface area contributed by atoms with Crippen LogP contribution in [0.15, 0.2) is 0 Å². The molecule has 0 aromatic heterocycles. The molecule has 3 heteroatoms. The highest BCUT2D eigenvalue weighted by molar-refractivity contribution is 5.21. The molecule has 19 heavy (non-hydrogen) atoms. The molecule has 1 aliphatic heterocycles. The quantitative estimate of drug-likeness (QED) is 0.797. The summed E-state index contributed by atoms with van der Waals surface area (Å²) in [5, 5.41) is 3.74. The minimum absolute atomic E-state index is 0.0617. The summed E-state index contributed by atoms with van der Waals surface area (Å²) in [5.41, 5.74) is 7.50. The molecule has 1 saturated heterocycles. The minimum Gasteiger partial charge on any atom is -0.377 e. The van der Waals surface area contributed by atoms with Gasteiger partial charge in [-0.25, -0.2) is 0 Å². The van der Waals surface area contributed by atoms with Crippen molar-refractivity contribution in [2.75, 3.05) is 19.7 Å². The molecule has 4 aliphatic rings. The molecular formula is C16H28N2O. The Morgan fingerprint density at radius 3 is 2.53 bits per heavy atom. The van der Waals surface area contributed by atoms with Gasteiger partial charge in [-0.1, -0.05) is 13.8 Å². The normalized spacial score (nSPS) is 45.6. The maximum Gasteiger partial charge on any atom is 0.0691 e. The lowest BCUT2D eigenvalue weighted by atomic mass is 9.48. The Balaban J connectivity index is 1.37. The van der Waals surface area contributed by atoms with Crippen LogP contribution in [0, 0.1) is 22.7 Å². The molecule has 3 N–H and O–H groups in total. The Morgan fingerprint density at radius 2 is 1.89 bits per heavy atom. The molecule has 3 saturated carbocycles. The number of fused-ring (bicyclic) bond motifs is 1. The number of hydrogen-bond acceptors (Lipinski definition) is 3. The van der Waals surface area contributed by atoms with Crippen LogP contribution in [0.3, 0.4) is 0 Å². The van der Waals surface area contributed by atoms with Crippen molar-refractivity contribution < 1.29 is 4.74 Å². The molecule has 0 aromatic carbocycles. The summed E-state index contributed by atoms with van der Waals surface area (Å²) in [6.45, 7) is 7.65. The predicted molar refractivity (Wildman–Crippen MR) is 75.8 cm³/mol. The topological polar surface area (TPSA) is 47.3 Å². The highest BCUT2D eigenvalue weighted by Crippen LogP contribution is 2.61. The van der Waals surface area contributed by atoms with E-state index in [4.69, 9.17) is 10.5 Å². The van der Waals surface area contributed by atoms with Gasteiger partial charge in [-0.3, -0.25) is 0 Å². The number of rotatable bonds is 5. The second kappa shape index (κ2) is 3.75. The summed E-state index contributed by atoms with van der Waals surface area (Å²) in [4.78, 5) is 0. The van der Waals surface area contributed by atoms with E-state index in [9.17, 15) is 0 Å². The van der Waals surface area contributed by atoms with Gasteiger partial charge in [0.15, 0.2) is 0 Å². The standard InChI is InChI=1S/C16H28N2O/c1-14(2)13-12(5-8-19-13)16(14,17)10-18-9-15(6-7-15)11-3-4-11/h11-13,18H,3-10,17H2,1-2H3. The monoisotopic (exact) mass is 264 g/mol. The van der Waals surface area contributed by atoms with E-state index in [1.807, 2.05) is 0 Å². The molecule has 3 nitrogen and oxygen atoms in total. The molecule has 3 atom stereocenters. The van der Waals surface area contributed by atoms with Crippen LogP contribution < -0.4 is 11.1 Å². The summed E-state index contributed by atoms with van der Waals surface area (Å²) in [5.74, 6) is 1.61. The van der Waals surface area contributed by atoms with Gasteiger partial charge in [0, 0.05) is 36.6 Å². The van der Waals surface area contributed by atoms with Crippen LogP contribution in [0.1, 0.15) is 46.0 Å². The summed E-state index contributed by atoms with van der Waals surface area (Å²) in [7, 11) is 0. The van der Waals surface area contributed by atoms with Crippen molar-refractivity contribution in [3.63, 3.8) is 0 Å². The van der Waals surface area contributed by atoms with Crippen molar-refractivity contribution in [2.24, 2.45) is 28.4 Å². The zero-order chi connectivity index (χ0) is 13.3. The zero-order valence-corrected chi connectivity index (χ0v) is 12.4. The van der Waals surface area contributed by atoms with Crippen molar-refractivity contribution in [1.82, 2.24) is 5.32 Å². The van der Waals surface area contributed by atoms with Crippen LogP contribution in [-0.4, -0.2) is 31.3 Å². The highest BCUT2D eigenvalue weighted by Gasteiger charge is 2.67. The van der Waals surface area contributed by atoms with Crippen molar-refractivity contribution in [2.45, 2.75) is 57.6 Å². The van der Waals surface area contributed by atoms with Gasteiger partial charge < -0.3 is 15.8 Å². The van der Waals surface area contributed by atoms with E-state index in [-0.39, 0.29) is 11.0 Å². The molecule has 1 heterocycles. The van der Waals surface area contributed by atoms with E-state index in [1.165, 1.54) is 32.2 Å². The molecule has 0 bridgehead atoms. The summed E-state index contributed by atoms with van der Waals surface area (Å²) >= 11 is 0. The molecular weight excluding hydrogens is 236 g/mol. The summed E-state index contributed by atoms with van der Waals surface area (Å²) < 4.78 is 5.86. The highest BCUT2D eigenvalue weighted by atomic mass is 16.5. The molecule has 0 aromatic rings. The first-order valence-electron chi connectivity index (χ1n) is 8.11.